The van der Waals surface area contributed by atoms with Gasteiger partial charge in [-0.2, -0.15) is 5.26 Å². The van der Waals surface area contributed by atoms with Crippen molar-refractivity contribution in [2.75, 3.05) is 4.72 Å². The highest BCUT2D eigenvalue weighted by atomic mass is 79.9. The molecule has 0 heterocycles. The average Bonchev–Trinajstić information content (AvgIpc) is 2.43. The highest BCUT2D eigenvalue weighted by Crippen LogP contribution is 2.27. The predicted molar refractivity (Wildman–Crippen MR) is 81.1 cm³/mol. The average molecular weight is 390 g/mol. The molecule has 2 rings (SSSR count). The molecule has 2 aromatic carbocycles. The molecule has 0 aliphatic rings. The van der Waals surface area contributed by atoms with Crippen LogP contribution in [0.2, 0.25) is 5.02 Å². The minimum atomic E-state index is -4.10. The first kappa shape index (κ1) is 15.8. The summed E-state index contributed by atoms with van der Waals surface area (Å²) in [6, 6.07) is 9.36. The molecule has 0 radical (unpaired) electrons. The van der Waals surface area contributed by atoms with Crippen molar-refractivity contribution in [2.24, 2.45) is 0 Å². The van der Waals surface area contributed by atoms with Gasteiger partial charge in [-0.15, -0.1) is 0 Å². The number of hydrogen-bond donors (Lipinski definition) is 1. The Hall–Kier alpha value is -1.62. The van der Waals surface area contributed by atoms with Crippen LogP contribution in [0.15, 0.2) is 45.8 Å². The van der Waals surface area contributed by atoms with E-state index < -0.39 is 20.7 Å². The van der Waals surface area contributed by atoms with Crippen LogP contribution in [-0.4, -0.2) is 8.42 Å². The summed E-state index contributed by atoms with van der Waals surface area (Å²) in [4.78, 5) is -0.393. The summed E-state index contributed by atoms with van der Waals surface area (Å²) in [5.41, 5.74) is 0.210. The molecular weight excluding hydrogens is 383 g/mol. The minimum absolute atomic E-state index is 0.0843. The molecule has 0 saturated carbocycles. The molecule has 0 aliphatic carbocycles. The number of rotatable bonds is 3. The first-order chi connectivity index (χ1) is 9.83. The third-order valence-electron chi connectivity index (χ3n) is 2.53. The summed E-state index contributed by atoms with van der Waals surface area (Å²) in [6.07, 6.45) is 0. The number of anilines is 1. The summed E-state index contributed by atoms with van der Waals surface area (Å²) in [7, 11) is -4.10. The van der Waals surface area contributed by atoms with Crippen molar-refractivity contribution < 1.29 is 12.8 Å². The molecule has 0 spiro atoms. The third-order valence-corrected chi connectivity index (χ3v) is 4.87. The van der Waals surface area contributed by atoms with E-state index in [1.807, 2.05) is 6.07 Å². The van der Waals surface area contributed by atoms with Gasteiger partial charge in [0.25, 0.3) is 10.0 Å². The van der Waals surface area contributed by atoms with Gasteiger partial charge >= 0.3 is 0 Å². The van der Waals surface area contributed by atoms with Crippen molar-refractivity contribution in [3.8, 4) is 6.07 Å². The second-order valence-electron chi connectivity index (χ2n) is 3.98. The van der Waals surface area contributed by atoms with Crippen LogP contribution in [0, 0.1) is 17.1 Å². The number of nitriles is 1. The summed E-state index contributed by atoms with van der Waals surface area (Å²) in [6.45, 7) is 0. The largest absolute Gasteiger partial charge is 0.278 e. The van der Waals surface area contributed by atoms with E-state index in [9.17, 15) is 12.8 Å². The minimum Gasteiger partial charge on any atom is -0.278 e. The van der Waals surface area contributed by atoms with E-state index in [-0.39, 0.29) is 16.3 Å². The van der Waals surface area contributed by atoms with Gasteiger partial charge in [0.05, 0.1) is 16.3 Å². The van der Waals surface area contributed by atoms with Gasteiger partial charge < -0.3 is 0 Å². The summed E-state index contributed by atoms with van der Waals surface area (Å²) < 4.78 is 40.6. The van der Waals surface area contributed by atoms with Crippen molar-refractivity contribution in [1.29, 1.82) is 5.26 Å². The number of nitrogens with one attached hydrogen (secondary N) is 1. The Morgan fingerprint density at radius 3 is 2.62 bits per heavy atom. The summed E-state index contributed by atoms with van der Waals surface area (Å²) in [5, 5.41) is 8.91. The lowest BCUT2D eigenvalue weighted by atomic mass is 10.2. The van der Waals surface area contributed by atoms with Crippen molar-refractivity contribution in [3.63, 3.8) is 0 Å². The van der Waals surface area contributed by atoms with Gasteiger partial charge in [-0.3, -0.25) is 4.72 Å². The fraction of sp³-hybridized carbons (Fsp3) is 0. The maximum atomic E-state index is 13.2. The zero-order valence-corrected chi connectivity index (χ0v) is 13.4. The highest BCUT2D eigenvalue weighted by molar-refractivity contribution is 9.10. The smallest absolute Gasteiger partial charge is 0.263 e. The normalized spacial score (nSPS) is 11.0. The number of nitrogens with zero attached hydrogens (tertiary/aromatic N) is 1. The molecule has 21 heavy (non-hydrogen) atoms. The van der Waals surface area contributed by atoms with Gasteiger partial charge in [0.1, 0.15) is 16.8 Å². The van der Waals surface area contributed by atoms with Crippen LogP contribution < -0.4 is 4.72 Å². The zero-order chi connectivity index (χ0) is 15.6. The van der Waals surface area contributed by atoms with Crippen molar-refractivity contribution >= 4 is 43.2 Å². The van der Waals surface area contributed by atoms with Crippen LogP contribution >= 0.6 is 27.5 Å². The molecule has 0 bridgehead atoms. The second kappa shape index (κ2) is 6.02. The monoisotopic (exact) mass is 388 g/mol. The van der Waals surface area contributed by atoms with E-state index in [4.69, 9.17) is 16.9 Å². The third kappa shape index (κ3) is 3.53. The number of sulfonamides is 1. The molecule has 108 valence electrons. The maximum Gasteiger partial charge on any atom is 0.263 e. The Kier molecular flexibility index (Phi) is 4.52. The standard InChI is InChI=1S/C13H7BrClFN2O2S/c14-9-1-4-12(8(5-9)7-17)18-21(19,20)13-6-10(16)2-3-11(13)15/h1-6,18H. The molecule has 0 aromatic heterocycles. The Bertz CT molecular complexity index is 850. The van der Waals surface area contributed by atoms with Crippen molar-refractivity contribution in [3.05, 3.63) is 57.3 Å². The van der Waals surface area contributed by atoms with E-state index in [2.05, 4.69) is 20.7 Å². The molecule has 1 N–H and O–H groups in total. The lowest BCUT2D eigenvalue weighted by Crippen LogP contribution is -2.14. The van der Waals surface area contributed by atoms with Gasteiger partial charge in [-0.05, 0) is 36.4 Å². The topological polar surface area (TPSA) is 70.0 Å². The fourth-order valence-electron chi connectivity index (χ4n) is 1.58. The van der Waals surface area contributed by atoms with E-state index in [0.717, 1.165) is 18.2 Å². The highest BCUT2D eigenvalue weighted by Gasteiger charge is 2.20. The van der Waals surface area contributed by atoms with E-state index >= 15 is 0 Å². The molecule has 0 aliphatic heterocycles. The first-order valence-electron chi connectivity index (χ1n) is 5.51. The maximum absolute atomic E-state index is 13.2. The number of halogens is 3. The van der Waals surface area contributed by atoms with Crippen molar-refractivity contribution in [2.45, 2.75) is 4.90 Å². The molecule has 2 aromatic rings. The van der Waals surface area contributed by atoms with Gasteiger partial charge in [0.2, 0.25) is 0 Å². The molecule has 8 heteroatoms. The summed E-state index contributed by atoms with van der Waals surface area (Å²) >= 11 is 8.97. The Morgan fingerprint density at radius 1 is 1.24 bits per heavy atom. The molecule has 0 unspecified atom stereocenters. The Morgan fingerprint density at radius 2 is 1.95 bits per heavy atom. The quantitative estimate of drug-likeness (QED) is 0.865. The van der Waals surface area contributed by atoms with Crippen LogP contribution in [0.3, 0.4) is 0 Å². The van der Waals surface area contributed by atoms with Crippen LogP contribution in [0.1, 0.15) is 5.56 Å². The van der Waals surface area contributed by atoms with Gasteiger partial charge in [0, 0.05) is 4.47 Å². The van der Waals surface area contributed by atoms with Gasteiger partial charge in [-0.1, -0.05) is 27.5 Å². The van der Waals surface area contributed by atoms with E-state index in [0.29, 0.717) is 4.47 Å². The van der Waals surface area contributed by atoms with Crippen LogP contribution in [-0.2, 0) is 10.0 Å². The van der Waals surface area contributed by atoms with Gasteiger partial charge in [0.15, 0.2) is 0 Å². The van der Waals surface area contributed by atoms with Crippen LogP contribution in [0.4, 0.5) is 10.1 Å². The molecule has 0 fully saturated rings. The fourth-order valence-corrected chi connectivity index (χ4v) is 3.53. The Labute approximate surface area is 134 Å². The zero-order valence-electron chi connectivity index (χ0n) is 10.3. The molecule has 0 amide bonds. The molecule has 0 atom stereocenters. The summed E-state index contributed by atoms with van der Waals surface area (Å²) in [5.74, 6) is -0.726. The predicted octanol–water partition coefficient (Wildman–Crippen LogP) is 3.91. The first-order valence-corrected chi connectivity index (χ1v) is 8.16. The Balaban J connectivity index is 2.48. The lowest BCUT2D eigenvalue weighted by molar-refractivity contribution is 0.595. The second-order valence-corrected chi connectivity index (χ2v) is 6.96. The van der Waals surface area contributed by atoms with Crippen LogP contribution in [0.25, 0.3) is 0 Å². The van der Waals surface area contributed by atoms with Crippen LogP contribution in [0.5, 0.6) is 0 Å². The number of benzene rings is 2. The lowest BCUT2D eigenvalue weighted by Gasteiger charge is -2.11. The molecule has 4 nitrogen and oxygen atoms in total. The molecule has 0 saturated heterocycles. The van der Waals surface area contributed by atoms with E-state index in [1.54, 1.807) is 6.07 Å². The van der Waals surface area contributed by atoms with Crippen molar-refractivity contribution in [1.82, 2.24) is 0 Å². The van der Waals surface area contributed by atoms with E-state index in [1.165, 1.54) is 12.1 Å². The van der Waals surface area contributed by atoms with Gasteiger partial charge in [-0.25, -0.2) is 12.8 Å². The molecular formula is C13H7BrClFN2O2S. The number of hydrogen-bond acceptors (Lipinski definition) is 3. The SMILES string of the molecule is N#Cc1cc(Br)ccc1NS(=O)(=O)c1cc(F)ccc1Cl.